The molecule has 0 unspecified atom stereocenters. The number of nitrogens with one attached hydrogen (secondary N) is 1. The molecule has 0 saturated heterocycles. The van der Waals surface area contributed by atoms with Crippen LogP contribution in [0.4, 0.5) is 0 Å². The normalized spacial score (nSPS) is 16.2. The Bertz CT molecular complexity index is 333. The van der Waals surface area contributed by atoms with Gasteiger partial charge < -0.3 is 10.4 Å². The first kappa shape index (κ1) is 17.7. The molecule has 21 heavy (non-hydrogen) atoms. The minimum atomic E-state index is -0.716. The fourth-order valence-electron chi connectivity index (χ4n) is 2.75. The van der Waals surface area contributed by atoms with Crippen molar-refractivity contribution in [2.45, 2.75) is 70.6 Å². The Kier molecular flexibility index (Phi) is 9.58. The monoisotopic (exact) mass is 295 g/mol. The van der Waals surface area contributed by atoms with E-state index in [1.807, 2.05) is 0 Å². The molecule has 0 radical (unpaired) electrons. The first-order chi connectivity index (χ1) is 10.2. The molecule has 0 aliphatic heterocycles. The summed E-state index contributed by atoms with van der Waals surface area (Å²) in [5.41, 5.74) is 0. The van der Waals surface area contributed by atoms with Crippen molar-refractivity contribution in [3.63, 3.8) is 0 Å². The summed E-state index contributed by atoms with van der Waals surface area (Å²) in [6, 6.07) is 0. The minimum absolute atomic E-state index is 0.0199. The quantitative estimate of drug-likeness (QED) is 0.477. The number of amides is 1. The Labute approximate surface area is 128 Å². The second-order valence-corrected chi connectivity index (χ2v) is 5.96. The van der Waals surface area contributed by atoms with Crippen LogP contribution in [0, 0.1) is 5.92 Å². The van der Waals surface area contributed by atoms with Crippen molar-refractivity contribution >= 4 is 11.9 Å². The second kappa shape index (κ2) is 11.4. The highest BCUT2D eigenvalue weighted by molar-refractivity contribution is 5.87. The molecular weight excluding hydrogens is 266 g/mol. The van der Waals surface area contributed by atoms with E-state index in [0.717, 1.165) is 32.1 Å². The molecule has 4 heteroatoms. The first-order valence-corrected chi connectivity index (χ1v) is 8.36. The number of allylic oxidation sites excluding steroid dienone is 1. The minimum Gasteiger partial charge on any atom is -0.481 e. The van der Waals surface area contributed by atoms with Crippen molar-refractivity contribution < 1.29 is 14.7 Å². The molecule has 1 saturated carbocycles. The van der Waals surface area contributed by atoms with Crippen LogP contribution in [0.5, 0.6) is 0 Å². The Morgan fingerprint density at radius 2 is 1.67 bits per heavy atom. The number of carbonyl (C=O) groups is 2. The third kappa shape index (κ3) is 10.1. The largest absolute Gasteiger partial charge is 0.481 e. The molecule has 0 bridgehead atoms. The lowest BCUT2D eigenvalue weighted by molar-refractivity contribution is -0.137. The maximum atomic E-state index is 11.6. The number of carboxylic acids is 1. The van der Waals surface area contributed by atoms with Crippen molar-refractivity contribution in [1.29, 1.82) is 0 Å². The van der Waals surface area contributed by atoms with Crippen LogP contribution >= 0.6 is 0 Å². The van der Waals surface area contributed by atoms with Gasteiger partial charge in [0.25, 0.3) is 0 Å². The number of aliphatic carboxylic acids is 1. The molecule has 1 amide bonds. The van der Waals surface area contributed by atoms with E-state index < -0.39 is 5.97 Å². The van der Waals surface area contributed by atoms with Crippen LogP contribution in [0.25, 0.3) is 0 Å². The summed E-state index contributed by atoms with van der Waals surface area (Å²) in [5.74, 6) is -0.0998. The molecule has 0 spiro atoms. The highest BCUT2D eigenvalue weighted by Gasteiger charge is 2.10. The van der Waals surface area contributed by atoms with Gasteiger partial charge in [-0.15, -0.1) is 0 Å². The number of unbranched alkanes of at least 4 members (excludes halogenated alkanes) is 4. The lowest BCUT2D eigenvalue weighted by Crippen LogP contribution is -2.22. The SMILES string of the molecule is O=C(O)CCCCCCCNC(=O)/C=C/C1CCCCC1. The highest BCUT2D eigenvalue weighted by atomic mass is 16.4. The smallest absolute Gasteiger partial charge is 0.303 e. The van der Waals surface area contributed by atoms with Crippen molar-refractivity contribution in [3.8, 4) is 0 Å². The van der Waals surface area contributed by atoms with Crippen LogP contribution in [0.2, 0.25) is 0 Å². The van der Waals surface area contributed by atoms with E-state index >= 15 is 0 Å². The van der Waals surface area contributed by atoms with Crippen molar-refractivity contribution in [1.82, 2.24) is 5.32 Å². The van der Waals surface area contributed by atoms with Crippen molar-refractivity contribution in [2.75, 3.05) is 6.54 Å². The Morgan fingerprint density at radius 3 is 2.38 bits per heavy atom. The van der Waals surface area contributed by atoms with Crippen molar-refractivity contribution in [3.05, 3.63) is 12.2 Å². The zero-order chi connectivity index (χ0) is 15.3. The van der Waals surface area contributed by atoms with E-state index in [9.17, 15) is 9.59 Å². The molecule has 0 atom stereocenters. The Balaban J connectivity index is 1.93. The van der Waals surface area contributed by atoms with Gasteiger partial charge in [0.2, 0.25) is 5.91 Å². The maximum Gasteiger partial charge on any atom is 0.303 e. The third-order valence-electron chi connectivity index (χ3n) is 4.04. The number of hydrogen-bond donors (Lipinski definition) is 2. The van der Waals surface area contributed by atoms with Crippen LogP contribution in [0.15, 0.2) is 12.2 Å². The number of carbonyl (C=O) groups excluding carboxylic acids is 1. The van der Waals surface area contributed by atoms with Crippen LogP contribution in [-0.2, 0) is 9.59 Å². The fourth-order valence-corrected chi connectivity index (χ4v) is 2.75. The van der Waals surface area contributed by atoms with Gasteiger partial charge in [0.15, 0.2) is 0 Å². The fraction of sp³-hybridized carbons (Fsp3) is 0.765. The van der Waals surface area contributed by atoms with E-state index in [-0.39, 0.29) is 12.3 Å². The van der Waals surface area contributed by atoms with Gasteiger partial charge in [-0.25, -0.2) is 0 Å². The lowest BCUT2D eigenvalue weighted by atomic mass is 9.89. The van der Waals surface area contributed by atoms with E-state index in [0.29, 0.717) is 12.5 Å². The van der Waals surface area contributed by atoms with Crippen molar-refractivity contribution in [2.24, 2.45) is 5.92 Å². The third-order valence-corrected chi connectivity index (χ3v) is 4.04. The average Bonchev–Trinajstić information content (AvgIpc) is 2.48. The standard InChI is InChI=1S/C17H29NO3/c19-16(13-12-15-9-5-4-6-10-15)18-14-8-3-1-2-7-11-17(20)21/h12-13,15H,1-11,14H2,(H,18,19)(H,20,21)/b13-12+. The van der Waals surface area contributed by atoms with Gasteiger partial charge in [-0.3, -0.25) is 9.59 Å². The predicted molar refractivity (Wildman–Crippen MR) is 84.1 cm³/mol. The van der Waals surface area contributed by atoms with E-state index in [1.165, 1.54) is 32.1 Å². The molecule has 4 nitrogen and oxygen atoms in total. The molecule has 0 aromatic rings. The van der Waals surface area contributed by atoms with Crippen LogP contribution in [-0.4, -0.2) is 23.5 Å². The van der Waals surface area contributed by atoms with Gasteiger partial charge in [-0.2, -0.15) is 0 Å². The summed E-state index contributed by atoms with van der Waals surface area (Å²) < 4.78 is 0. The van der Waals surface area contributed by atoms with Gasteiger partial charge in [0.1, 0.15) is 0 Å². The van der Waals surface area contributed by atoms with Crippen LogP contribution < -0.4 is 5.32 Å². The van der Waals surface area contributed by atoms with E-state index in [2.05, 4.69) is 11.4 Å². The highest BCUT2D eigenvalue weighted by Crippen LogP contribution is 2.24. The molecule has 0 aromatic heterocycles. The van der Waals surface area contributed by atoms with Crippen LogP contribution in [0.3, 0.4) is 0 Å². The average molecular weight is 295 g/mol. The number of carboxylic acid groups (broad SMARTS) is 1. The first-order valence-electron chi connectivity index (χ1n) is 8.36. The van der Waals surface area contributed by atoms with Gasteiger partial charge in [-0.05, 0) is 37.7 Å². The maximum absolute atomic E-state index is 11.6. The Morgan fingerprint density at radius 1 is 1.00 bits per heavy atom. The zero-order valence-corrected chi connectivity index (χ0v) is 13.0. The molecule has 1 aliphatic rings. The van der Waals surface area contributed by atoms with Gasteiger partial charge >= 0.3 is 5.97 Å². The van der Waals surface area contributed by atoms with Gasteiger partial charge in [0.05, 0.1) is 0 Å². The molecule has 0 aromatic carbocycles. The number of hydrogen-bond acceptors (Lipinski definition) is 2. The Hall–Kier alpha value is -1.32. The molecular formula is C17H29NO3. The van der Waals surface area contributed by atoms with Gasteiger partial charge in [0, 0.05) is 13.0 Å². The summed E-state index contributed by atoms with van der Waals surface area (Å²) in [6.07, 6.45) is 15.2. The molecule has 1 fully saturated rings. The summed E-state index contributed by atoms with van der Waals surface area (Å²) >= 11 is 0. The van der Waals surface area contributed by atoms with E-state index in [4.69, 9.17) is 5.11 Å². The molecule has 120 valence electrons. The van der Waals surface area contributed by atoms with Gasteiger partial charge in [-0.1, -0.05) is 44.6 Å². The molecule has 1 rings (SSSR count). The summed E-state index contributed by atoms with van der Waals surface area (Å²) in [6.45, 7) is 0.715. The van der Waals surface area contributed by atoms with Crippen LogP contribution in [0.1, 0.15) is 70.6 Å². The molecule has 1 aliphatic carbocycles. The zero-order valence-electron chi connectivity index (χ0n) is 13.0. The second-order valence-electron chi connectivity index (χ2n) is 5.96. The lowest BCUT2D eigenvalue weighted by Gasteiger charge is -2.17. The van der Waals surface area contributed by atoms with E-state index in [1.54, 1.807) is 6.08 Å². The number of rotatable bonds is 10. The molecule has 0 heterocycles. The summed E-state index contributed by atoms with van der Waals surface area (Å²) in [5, 5.41) is 11.4. The summed E-state index contributed by atoms with van der Waals surface area (Å²) in [7, 11) is 0. The summed E-state index contributed by atoms with van der Waals surface area (Å²) in [4.78, 5) is 22.0. The molecule has 2 N–H and O–H groups in total. The predicted octanol–water partition coefficient (Wildman–Crippen LogP) is 3.66. The topological polar surface area (TPSA) is 66.4 Å².